The molecule has 0 saturated heterocycles. The summed E-state index contributed by atoms with van der Waals surface area (Å²) in [5.41, 5.74) is 1.96. The molecule has 0 bridgehead atoms. The minimum Gasteiger partial charge on any atom is -0.495 e. The molecule has 0 unspecified atom stereocenters. The number of anilines is 1. The maximum atomic E-state index is 14.2. The molecule has 0 aliphatic heterocycles. The number of amides is 2. The second kappa shape index (κ2) is 14.2. The summed E-state index contributed by atoms with van der Waals surface area (Å²) < 4.78 is 35.5. The lowest BCUT2D eigenvalue weighted by Crippen LogP contribution is -2.53. The second-order valence-corrected chi connectivity index (χ2v) is 13.4. The Bertz CT molecular complexity index is 1470. The average molecular weight is 657 g/mol. The zero-order chi connectivity index (χ0) is 30.3. The van der Waals surface area contributed by atoms with Crippen LogP contribution in [0.15, 0.2) is 82.2 Å². The lowest BCUT2D eigenvalue weighted by atomic mass is 9.95. The number of benzene rings is 3. The van der Waals surface area contributed by atoms with E-state index in [9.17, 15) is 18.0 Å². The summed E-state index contributed by atoms with van der Waals surface area (Å²) in [6.07, 6.45) is 5.10. The van der Waals surface area contributed by atoms with E-state index < -0.39 is 28.5 Å². The largest absolute Gasteiger partial charge is 0.495 e. The topological polar surface area (TPSA) is 96.0 Å². The number of rotatable bonds is 11. The van der Waals surface area contributed by atoms with Gasteiger partial charge in [-0.25, -0.2) is 8.42 Å². The SMILES string of the molecule is COc1ccccc1N(CC(=O)N(Cc1ccc(Br)cc1)[C@@H](C)C(=O)NC1CCCCC1)S(=O)(=O)c1ccc(C)cc1. The molecule has 10 heteroatoms. The van der Waals surface area contributed by atoms with E-state index in [0.29, 0.717) is 5.75 Å². The minimum absolute atomic E-state index is 0.0503. The summed E-state index contributed by atoms with van der Waals surface area (Å²) >= 11 is 3.44. The predicted molar refractivity (Wildman–Crippen MR) is 168 cm³/mol. The van der Waals surface area contributed by atoms with Gasteiger partial charge in [0.05, 0.1) is 17.7 Å². The number of nitrogens with zero attached hydrogens (tertiary/aromatic N) is 2. The number of methoxy groups -OCH3 is 1. The molecular formula is C32H38BrN3O5S. The third-order valence-corrected chi connectivity index (χ3v) is 9.93. The van der Waals surface area contributed by atoms with Gasteiger partial charge in [-0.2, -0.15) is 0 Å². The molecule has 42 heavy (non-hydrogen) atoms. The highest BCUT2D eigenvalue weighted by atomic mass is 79.9. The van der Waals surface area contributed by atoms with Crippen LogP contribution in [0.4, 0.5) is 5.69 Å². The van der Waals surface area contributed by atoms with Gasteiger partial charge in [0.2, 0.25) is 11.8 Å². The monoisotopic (exact) mass is 655 g/mol. The highest BCUT2D eigenvalue weighted by Crippen LogP contribution is 2.32. The van der Waals surface area contributed by atoms with Gasteiger partial charge in [-0.05, 0) is 68.7 Å². The van der Waals surface area contributed by atoms with Crippen molar-refractivity contribution >= 4 is 43.5 Å². The van der Waals surface area contributed by atoms with Gasteiger partial charge in [-0.3, -0.25) is 13.9 Å². The van der Waals surface area contributed by atoms with Crippen LogP contribution >= 0.6 is 15.9 Å². The lowest BCUT2D eigenvalue weighted by Gasteiger charge is -2.33. The van der Waals surface area contributed by atoms with Crippen molar-refractivity contribution in [1.29, 1.82) is 0 Å². The Labute approximate surface area is 257 Å². The van der Waals surface area contributed by atoms with Gasteiger partial charge in [0, 0.05) is 17.1 Å². The number of ether oxygens (including phenoxy) is 1. The molecular weight excluding hydrogens is 618 g/mol. The van der Waals surface area contributed by atoms with Crippen LogP contribution in [0.1, 0.15) is 50.2 Å². The summed E-state index contributed by atoms with van der Waals surface area (Å²) in [6, 6.07) is 19.9. The van der Waals surface area contributed by atoms with Crippen LogP contribution in [-0.2, 0) is 26.2 Å². The van der Waals surface area contributed by atoms with Gasteiger partial charge in [-0.15, -0.1) is 0 Å². The van der Waals surface area contributed by atoms with Crippen molar-refractivity contribution in [2.75, 3.05) is 18.0 Å². The standard InChI is InChI=1S/C32H38BrN3O5S/c1-23-13-19-28(20-14-23)42(39,40)36(29-11-7-8-12-30(29)41-3)22-31(37)35(21-25-15-17-26(33)18-16-25)24(2)32(38)34-27-9-5-4-6-10-27/h7-8,11-20,24,27H,4-6,9-10,21-22H2,1-3H3,(H,34,38)/t24-/m0/s1. The number of sulfonamides is 1. The predicted octanol–water partition coefficient (Wildman–Crippen LogP) is 5.83. The molecule has 0 heterocycles. The van der Waals surface area contributed by atoms with E-state index in [1.165, 1.54) is 24.1 Å². The fourth-order valence-corrected chi connectivity index (χ4v) is 6.81. The van der Waals surface area contributed by atoms with Crippen LogP contribution in [0.3, 0.4) is 0 Å². The fourth-order valence-electron chi connectivity index (χ4n) is 5.12. The van der Waals surface area contributed by atoms with Crippen molar-refractivity contribution in [3.63, 3.8) is 0 Å². The molecule has 224 valence electrons. The summed E-state index contributed by atoms with van der Waals surface area (Å²) in [4.78, 5) is 29.1. The van der Waals surface area contributed by atoms with Crippen LogP contribution in [0, 0.1) is 6.92 Å². The molecule has 3 aromatic rings. The number of carbonyl (C=O) groups excluding carboxylic acids is 2. The third-order valence-electron chi connectivity index (χ3n) is 7.63. The van der Waals surface area contributed by atoms with E-state index in [4.69, 9.17) is 4.74 Å². The third kappa shape index (κ3) is 7.72. The molecule has 1 N–H and O–H groups in total. The lowest BCUT2D eigenvalue weighted by molar-refractivity contribution is -0.139. The molecule has 0 aromatic heterocycles. The summed E-state index contributed by atoms with van der Waals surface area (Å²) in [7, 11) is -2.73. The number of hydrogen-bond acceptors (Lipinski definition) is 5. The molecule has 4 rings (SSSR count). The van der Waals surface area contributed by atoms with E-state index in [1.807, 2.05) is 31.2 Å². The van der Waals surface area contributed by atoms with Gasteiger partial charge in [0.1, 0.15) is 18.3 Å². The Morgan fingerprint density at radius 1 is 0.976 bits per heavy atom. The molecule has 2 amide bonds. The first-order valence-corrected chi connectivity index (χ1v) is 16.4. The van der Waals surface area contributed by atoms with E-state index in [2.05, 4.69) is 21.2 Å². The van der Waals surface area contributed by atoms with E-state index >= 15 is 0 Å². The van der Waals surface area contributed by atoms with Crippen molar-refractivity contribution in [2.24, 2.45) is 0 Å². The molecule has 8 nitrogen and oxygen atoms in total. The summed E-state index contributed by atoms with van der Waals surface area (Å²) in [6.45, 7) is 3.18. The van der Waals surface area contributed by atoms with Crippen molar-refractivity contribution in [3.8, 4) is 5.75 Å². The van der Waals surface area contributed by atoms with Crippen molar-refractivity contribution in [1.82, 2.24) is 10.2 Å². The minimum atomic E-state index is -4.18. The maximum Gasteiger partial charge on any atom is 0.264 e. The van der Waals surface area contributed by atoms with Gasteiger partial charge < -0.3 is 15.0 Å². The van der Waals surface area contributed by atoms with E-state index in [-0.39, 0.29) is 29.1 Å². The van der Waals surface area contributed by atoms with Gasteiger partial charge in [0.25, 0.3) is 10.0 Å². The first-order valence-electron chi connectivity index (χ1n) is 14.2. The second-order valence-electron chi connectivity index (χ2n) is 10.7. The zero-order valence-corrected chi connectivity index (χ0v) is 26.7. The fraction of sp³-hybridized carbons (Fsp3) is 0.375. The number of carbonyl (C=O) groups is 2. The Morgan fingerprint density at radius 2 is 1.62 bits per heavy atom. The van der Waals surface area contributed by atoms with Crippen LogP contribution in [0.5, 0.6) is 5.75 Å². The van der Waals surface area contributed by atoms with Crippen LogP contribution < -0.4 is 14.4 Å². The van der Waals surface area contributed by atoms with Crippen molar-refractivity contribution in [3.05, 3.63) is 88.4 Å². The van der Waals surface area contributed by atoms with Crippen LogP contribution in [-0.4, -0.2) is 50.9 Å². The molecule has 3 aromatic carbocycles. The number of aryl methyl sites for hydroxylation is 1. The molecule has 1 atom stereocenters. The van der Waals surface area contributed by atoms with E-state index in [0.717, 1.165) is 52.0 Å². The molecule has 1 aliphatic carbocycles. The van der Waals surface area contributed by atoms with Crippen molar-refractivity contribution < 1.29 is 22.7 Å². The highest BCUT2D eigenvalue weighted by molar-refractivity contribution is 9.10. The van der Waals surface area contributed by atoms with Crippen LogP contribution in [0.2, 0.25) is 0 Å². The molecule has 1 aliphatic rings. The molecule has 1 fully saturated rings. The summed E-state index contributed by atoms with van der Waals surface area (Å²) in [5.74, 6) is -0.452. The molecule has 1 saturated carbocycles. The first-order chi connectivity index (χ1) is 20.1. The Balaban J connectivity index is 1.70. The summed E-state index contributed by atoms with van der Waals surface area (Å²) in [5, 5.41) is 3.12. The normalized spacial score (nSPS) is 14.6. The zero-order valence-electron chi connectivity index (χ0n) is 24.3. The Kier molecular flexibility index (Phi) is 10.7. The van der Waals surface area contributed by atoms with Crippen LogP contribution in [0.25, 0.3) is 0 Å². The number of nitrogens with one attached hydrogen (secondary N) is 1. The number of para-hydroxylation sites is 2. The maximum absolute atomic E-state index is 14.2. The first kappa shape index (κ1) is 31.6. The van der Waals surface area contributed by atoms with Gasteiger partial charge in [0.15, 0.2) is 0 Å². The number of hydrogen-bond donors (Lipinski definition) is 1. The quantitative estimate of drug-likeness (QED) is 0.281. The van der Waals surface area contributed by atoms with Crippen molar-refractivity contribution in [2.45, 2.75) is 69.5 Å². The van der Waals surface area contributed by atoms with Gasteiger partial charge >= 0.3 is 0 Å². The highest BCUT2D eigenvalue weighted by Gasteiger charge is 2.34. The van der Waals surface area contributed by atoms with Gasteiger partial charge in [-0.1, -0.05) is 77.2 Å². The average Bonchev–Trinajstić information content (AvgIpc) is 2.99. The molecule has 0 spiro atoms. The van der Waals surface area contributed by atoms with E-state index in [1.54, 1.807) is 43.3 Å². The smallest absolute Gasteiger partial charge is 0.264 e. The Hall–Kier alpha value is -3.37. The molecule has 0 radical (unpaired) electrons. The number of halogens is 1. The Morgan fingerprint density at radius 3 is 2.26 bits per heavy atom.